The van der Waals surface area contributed by atoms with Crippen molar-refractivity contribution in [3.8, 4) is 0 Å². The van der Waals surface area contributed by atoms with Crippen molar-refractivity contribution in [2.24, 2.45) is 0 Å². The van der Waals surface area contributed by atoms with Gasteiger partial charge in [-0.2, -0.15) is 0 Å². The zero-order chi connectivity index (χ0) is 12.0. The van der Waals surface area contributed by atoms with Crippen molar-refractivity contribution in [1.29, 1.82) is 31.6 Å². The molecule has 0 unspecified atom stereocenters. The molecule has 0 bridgehead atoms. The normalized spacial score (nSPS) is 0.667. The van der Waals surface area contributed by atoms with Gasteiger partial charge in [-0.15, -0.1) is 0 Å². The van der Waals surface area contributed by atoms with Crippen LogP contribution in [0.1, 0.15) is 0 Å². The smallest absolute Gasteiger partial charge is 0.512 e. The number of nitrogens with zero attached hydrogens (tertiary/aromatic N) is 6. The van der Waals surface area contributed by atoms with Crippen LogP contribution in [0.4, 0.5) is 0 Å². The minimum absolute atomic E-state index is 0. The second kappa shape index (κ2) is 333. The van der Waals surface area contributed by atoms with E-state index in [9.17, 15) is 0 Å². The van der Waals surface area contributed by atoms with Gasteiger partial charge in [0, 0.05) is 17.1 Å². The van der Waals surface area contributed by atoms with Crippen LogP contribution in [0.2, 0.25) is 0 Å². The zero-order valence-corrected chi connectivity index (χ0v) is 27.8. The van der Waals surface area contributed by atoms with E-state index in [4.69, 9.17) is 71.0 Å². The van der Waals surface area contributed by atoms with Crippen LogP contribution in [-0.4, -0.2) is 0 Å². The van der Waals surface area contributed by atoms with Crippen LogP contribution >= 0.6 is 0 Å². The van der Waals surface area contributed by atoms with Gasteiger partial charge in [0.25, 0.3) is 0 Å². The Labute approximate surface area is 333 Å². The first-order valence-corrected chi connectivity index (χ1v) is 1.34. The van der Waals surface area contributed by atoms with Gasteiger partial charge in [-0.25, -0.2) is 0 Å². The monoisotopic (exact) mass is 407 g/mol. The first-order chi connectivity index (χ1) is 6.00. The summed E-state index contributed by atoms with van der Waals surface area (Å²) in [5, 5.41) is 37.5. The van der Waals surface area contributed by atoms with Gasteiger partial charge >= 0.3 is 257 Å². The molecule has 0 aromatic carbocycles. The maximum Gasteiger partial charge on any atom is 1.00 e. The summed E-state index contributed by atoms with van der Waals surface area (Å²) in [4.78, 5) is 0. The molecule has 0 amide bonds. The van der Waals surface area contributed by atoms with Crippen molar-refractivity contribution in [2.75, 3.05) is 0 Å². The Morgan fingerprint density at radius 3 is 0.278 bits per heavy atom. The van der Waals surface area contributed by atoms with Crippen LogP contribution in [0.25, 0.3) is 0 Å². The van der Waals surface area contributed by atoms with E-state index in [-0.39, 0.29) is 274 Å². The molecule has 0 atom stereocenters. The van der Waals surface area contributed by atoms with Crippen molar-refractivity contribution >= 4 is 0 Å². The summed E-state index contributed by atoms with van der Waals surface area (Å²) in [6.07, 6.45) is 0. The fourth-order valence-electron chi connectivity index (χ4n) is 0. The van der Waals surface area contributed by atoms with Crippen LogP contribution in [0, 0.1) is 71.0 Å². The molecule has 68 valence electrons. The van der Waals surface area contributed by atoms with Crippen LogP contribution in [0.5, 0.6) is 0 Å². The Morgan fingerprint density at radius 1 is 0.278 bits per heavy atom. The quantitative estimate of drug-likeness (QED) is 0.288. The van der Waals surface area contributed by atoms with Gasteiger partial charge < -0.3 is 71.0 Å². The average molecular weight is 407 g/mol. The molecule has 6 nitrogen and oxygen atoms in total. The van der Waals surface area contributed by atoms with Crippen molar-refractivity contribution in [1.82, 2.24) is 0 Å². The third-order valence-electron chi connectivity index (χ3n) is 0. The van der Waals surface area contributed by atoms with Gasteiger partial charge in [0.2, 0.25) is 0 Å². The molecule has 0 rings (SSSR count). The van der Waals surface area contributed by atoms with E-state index in [2.05, 4.69) is 0 Å². The number of hydrogen-bond acceptors (Lipinski definition) is 6. The summed E-state index contributed by atoms with van der Waals surface area (Å²) in [5.74, 6) is 0. The van der Waals surface area contributed by atoms with Crippen molar-refractivity contribution in [2.45, 2.75) is 0 Å². The minimum Gasteiger partial charge on any atom is -0.512 e. The Balaban J connectivity index is -0.00000000225. The third kappa shape index (κ3) is 290. The van der Waals surface area contributed by atoms with Gasteiger partial charge in [-0.1, -0.05) is 0 Å². The molecule has 0 aliphatic rings. The molecule has 0 radical (unpaired) electrons. The van der Waals surface area contributed by atoms with E-state index >= 15 is 0 Å². The zero-order valence-electron chi connectivity index (χ0n) is 11.0. The first-order valence-electron chi connectivity index (χ1n) is 1.34. The molecule has 0 heterocycles. The molecule has 0 aliphatic heterocycles. The van der Waals surface area contributed by atoms with Crippen LogP contribution in [-0.2, 0) is 17.1 Å². The van der Waals surface area contributed by atoms with Gasteiger partial charge in [-0.05, 0) is 0 Å². The molecular weight excluding hydrogens is 407 g/mol. The SMILES string of the molecule is [C-]#N.[C-]#N.[C-]#N.[C-]#N.[C-]#N.[C-]#N.[Fe].[K+].[K+].[K+].[K+].[K+]. The van der Waals surface area contributed by atoms with E-state index in [1.54, 1.807) is 0 Å². The van der Waals surface area contributed by atoms with E-state index in [0.717, 1.165) is 0 Å². The standard InChI is InChI=1S/6CN.Fe.5K/c6*1-2;;;;;;/q6*-1;;5*+1. The predicted molar refractivity (Wildman–Crippen MR) is 29.8 cm³/mol. The Bertz CT molecular complexity index is 107. The van der Waals surface area contributed by atoms with Gasteiger partial charge in [0.1, 0.15) is 0 Å². The van der Waals surface area contributed by atoms with E-state index in [1.165, 1.54) is 0 Å². The van der Waals surface area contributed by atoms with E-state index < -0.39 is 0 Å². The second-order valence-corrected chi connectivity index (χ2v) is 0. The molecule has 0 N–H and O–H groups in total. The molecule has 0 aromatic rings. The largest absolute Gasteiger partial charge is 1.00 e. The Kier molecular flexibility index (Phi) is 1660. The number of hydrogen-bond donors (Lipinski definition) is 0. The molecule has 0 saturated heterocycles. The molecule has 0 aliphatic carbocycles. The third-order valence-corrected chi connectivity index (χ3v) is 0. The van der Waals surface area contributed by atoms with E-state index in [0.29, 0.717) is 0 Å². The maximum atomic E-state index is 6.25. The average Bonchev–Trinajstić information content (AvgIpc) is 2.33. The van der Waals surface area contributed by atoms with Gasteiger partial charge in [-0.3, -0.25) is 0 Å². The molecule has 18 heavy (non-hydrogen) atoms. The summed E-state index contributed by atoms with van der Waals surface area (Å²) in [5.41, 5.74) is 0. The topological polar surface area (TPSA) is 143 Å². The van der Waals surface area contributed by atoms with Gasteiger partial charge in [0.05, 0.1) is 0 Å². The summed E-state index contributed by atoms with van der Waals surface area (Å²) in [7, 11) is 0. The van der Waals surface area contributed by atoms with Gasteiger partial charge in [0.15, 0.2) is 0 Å². The van der Waals surface area contributed by atoms with Crippen molar-refractivity contribution in [3.63, 3.8) is 0 Å². The van der Waals surface area contributed by atoms with Crippen LogP contribution in [0.15, 0.2) is 0 Å². The molecular formula is C6FeK5N6-. The Hall–Kier alpha value is 5.64. The van der Waals surface area contributed by atoms with E-state index in [1.807, 2.05) is 0 Å². The molecule has 0 spiro atoms. The van der Waals surface area contributed by atoms with Crippen LogP contribution < -0.4 is 257 Å². The summed E-state index contributed by atoms with van der Waals surface area (Å²) in [6.45, 7) is 28.5. The summed E-state index contributed by atoms with van der Waals surface area (Å²) in [6, 6.07) is 0. The summed E-state index contributed by atoms with van der Waals surface area (Å²) < 4.78 is 0. The Morgan fingerprint density at radius 2 is 0.278 bits per heavy atom. The minimum atomic E-state index is 0. The molecule has 0 fully saturated rings. The fraction of sp³-hybridized carbons (Fsp3) is 0. The number of rotatable bonds is 0. The maximum absolute atomic E-state index is 6.25. The molecule has 12 heteroatoms. The molecule has 0 saturated carbocycles. The molecule has 0 aromatic heterocycles. The summed E-state index contributed by atoms with van der Waals surface area (Å²) >= 11 is 0. The second-order valence-electron chi connectivity index (χ2n) is 0. The van der Waals surface area contributed by atoms with Crippen LogP contribution in [0.3, 0.4) is 0 Å². The predicted octanol–water partition coefficient (Wildman–Crippen LogP) is -14.4. The van der Waals surface area contributed by atoms with Crippen molar-refractivity contribution < 1.29 is 274 Å². The van der Waals surface area contributed by atoms with Crippen molar-refractivity contribution in [3.05, 3.63) is 39.4 Å². The fourth-order valence-corrected chi connectivity index (χ4v) is 0. The first kappa shape index (κ1) is 89.4.